The molecule has 3 heteroatoms. The Balaban J connectivity index is 2.18. The summed E-state index contributed by atoms with van der Waals surface area (Å²) >= 11 is 0. The molecule has 0 radical (unpaired) electrons. The fraction of sp³-hybridized carbons (Fsp3) is 0.294. The van der Waals surface area contributed by atoms with Gasteiger partial charge in [-0.15, -0.1) is 0 Å². The van der Waals surface area contributed by atoms with Gasteiger partial charge in [0.25, 0.3) is 0 Å². The highest BCUT2D eigenvalue weighted by molar-refractivity contribution is 5.30. The number of hydrogen-bond donors (Lipinski definition) is 1. The van der Waals surface area contributed by atoms with Crippen molar-refractivity contribution >= 4 is 0 Å². The second kappa shape index (κ2) is 6.53. The van der Waals surface area contributed by atoms with Crippen molar-refractivity contribution in [2.24, 2.45) is 0 Å². The number of ether oxygens (including phenoxy) is 1. The molecule has 0 bridgehead atoms. The van der Waals surface area contributed by atoms with Gasteiger partial charge in [0.05, 0.1) is 6.04 Å². The standard InChI is InChI=1S/C17H20FNO/c1-12-8-7-11-15(16(12)18)20-13(2)17(19-3)14-9-5-4-6-10-14/h4-11,13,17,19H,1-3H3. The van der Waals surface area contributed by atoms with Crippen molar-refractivity contribution in [3.63, 3.8) is 0 Å². The summed E-state index contributed by atoms with van der Waals surface area (Å²) in [6.07, 6.45) is -0.182. The normalized spacial score (nSPS) is 13.8. The highest BCUT2D eigenvalue weighted by atomic mass is 19.1. The van der Waals surface area contributed by atoms with Crippen molar-refractivity contribution in [1.82, 2.24) is 5.32 Å². The number of hydrogen-bond acceptors (Lipinski definition) is 2. The SMILES string of the molecule is CNC(c1ccccc1)C(C)Oc1cccc(C)c1F. The van der Waals surface area contributed by atoms with Crippen molar-refractivity contribution in [1.29, 1.82) is 0 Å². The van der Waals surface area contributed by atoms with E-state index in [9.17, 15) is 4.39 Å². The minimum atomic E-state index is -0.290. The zero-order valence-corrected chi connectivity index (χ0v) is 12.1. The van der Waals surface area contributed by atoms with Gasteiger partial charge >= 0.3 is 0 Å². The van der Waals surface area contributed by atoms with E-state index >= 15 is 0 Å². The molecule has 0 aliphatic rings. The van der Waals surface area contributed by atoms with E-state index in [4.69, 9.17) is 4.74 Å². The lowest BCUT2D eigenvalue weighted by Crippen LogP contribution is -2.31. The van der Waals surface area contributed by atoms with Gasteiger partial charge in [-0.3, -0.25) is 0 Å². The number of rotatable bonds is 5. The Labute approximate surface area is 119 Å². The molecule has 2 nitrogen and oxygen atoms in total. The predicted octanol–water partition coefficient (Wildman–Crippen LogP) is 3.86. The lowest BCUT2D eigenvalue weighted by atomic mass is 10.0. The molecule has 0 aliphatic carbocycles. The predicted molar refractivity (Wildman–Crippen MR) is 79.5 cm³/mol. The molecule has 0 saturated heterocycles. The average molecular weight is 273 g/mol. The topological polar surface area (TPSA) is 21.3 Å². The van der Waals surface area contributed by atoms with Crippen LogP contribution >= 0.6 is 0 Å². The summed E-state index contributed by atoms with van der Waals surface area (Å²) in [5.41, 5.74) is 1.71. The Kier molecular flexibility index (Phi) is 4.74. The van der Waals surface area contributed by atoms with Crippen LogP contribution in [0.15, 0.2) is 48.5 Å². The minimum absolute atomic E-state index is 0.0103. The number of likely N-dealkylation sites (N-methyl/N-ethyl adjacent to an activating group) is 1. The molecule has 0 saturated carbocycles. The van der Waals surface area contributed by atoms with Crippen molar-refractivity contribution in [2.45, 2.75) is 26.0 Å². The first-order valence-electron chi connectivity index (χ1n) is 6.77. The molecule has 2 unspecified atom stereocenters. The summed E-state index contributed by atoms with van der Waals surface area (Å²) in [5.74, 6) is 0.0101. The van der Waals surface area contributed by atoms with E-state index in [1.807, 2.05) is 44.3 Å². The second-order valence-electron chi connectivity index (χ2n) is 4.89. The average Bonchev–Trinajstić information content (AvgIpc) is 2.46. The van der Waals surface area contributed by atoms with Gasteiger partial charge in [-0.05, 0) is 38.1 Å². The second-order valence-corrected chi connectivity index (χ2v) is 4.89. The molecule has 0 amide bonds. The summed E-state index contributed by atoms with van der Waals surface area (Å²) in [6, 6.07) is 15.2. The van der Waals surface area contributed by atoms with Crippen LogP contribution in [-0.4, -0.2) is 13.2 Å². The van der Waals surface area contributed by atoms with Crippen LogP contribution in [0.4, 0.5) is 4.39 Å². The van der Waals surface area contributed by atoms with Crippen LogP contribution in [0.25, 0.3) is 0 Å². The molecule has 2 rings (SSSR count). The quantitative estimate of drug-likeness (QED) is 0.893. The molecule has 106 valence electrons. The van der Waals surface area contributed by atoms with Crippen LogP contribution in [0, 0.1) is 12.7 Å². The Hall–Kier alpha value is -1.87. The van der Waals surface area contributed by atoms with E-state index in [-0.39, 0.29) is 18.0 Å². The maximum absolute atomic E-state index is 14.0. The van der Waals surface area contributed by atoms with Crippen LogP contribution in [0.5, 0.6) is 5.75 Å². The Morgan fingerprint density at radius 3 is 2.40 bits per heavy atom. The summed E-state index contributed by atoms with van der Waals surface area (Å²) < 4.78 is 19.8. The Morgan fingerprint density at radius 2 is 1.75 bits per heavy atom. The van der Waals surface area contributed by atoms with Crippen molar-refractivity contribution < 1.29 is 9.13 Å². The van der Waals surface area contributed by atoms with E-state index in [0.717, 1.165) is 5.56 Å². The first kappa shape index (κ1) is 14.5. The molecular formula is C17H20FNO. The minimum Gasteiger partial charge on any atom is -0.486 e. The number of halogens is 1. The molecule has 2 atom stereocenters. The molecule has 1 N–H and O–H groups in total. The van der Waals surface area contributed by atoms with Crippen molar-refractivity contribution in [2.75, 3.05) is 7.05 Å². The van der Waals surface area contributed by atoms with Gasteiger partial charge in [-0.25, -0.2) is 4.39 Å². The van der Waals surface area contributed by atoms with Crippen LogP contribution < -0.4 is 10.1 Å². The molecule has 2 aromatic rings. The van der Waals surface area contributed by atoms with Gasteiger partial charge in [0.2, 0.25) is 0 Å². The van der Waals surface area contributed by atoms with Crippen molar-refractivity contribution in [3.05, 3.63) is 65.5 Å². The van der Waals surface area contributed by atoms with Crippen LogP contribution in [0.3, 0.4) is 0 Å². The van der Waals surface area contributed by atoms with Gasteiger partial charge in [-0.2, -0.15) is 0 Å². The van der Waals surface area contributed by atoms with E-state index < -0.39 is 0 Å². The molecular weight excluding hydrogens is 253 g/mol. The molecule has 0 aliphatic heterocycles. The molecule has 0 heterocycles. The lowest BCUT2D eigenvalue weighted by molar-refractivity contribution is 0.168. The largest absolute Gasteiger partial charge is 0.486 e. The van der Waals surface area contributed by atoms with Gasteiger partial charge < -0.3 is 10.1 Å². The zero-order chi connectivity index (χ0) is 14.5. The Bertz CT molecular complexity index is 556. The van der Waals surface area contributed by atoms with E-state index in [2.05, 4.69) is 5.32 Å². The molecule has 0 aromatic heterocycles. The molecule has 0 fully saturated rings. The third-order valence-electron chi connectivity index (χ3n) is 3.41. The zero-order valence-electron chi connectivity index (χ0n) is 12.1. The van der Waals surface area contributed by atoms with E-state index in [1.54, 1.807) is 25.1 Å². The maximum atomic E-state index is 14.0. The van der Waals surface area contributed by atoms with Crippen LogP contribution in [0.1, 0.15) is 24.1 Å². The fourth-order valence-corrected chi connectivity index (χ4v) is 2.31. The van der Waals surface area contributed by atoms with Gasteiger partial charge in [-0.1, -0.05) is 42.5 Å². The van der Waals surface area contributed by atoms with E-state index in [1.165, 1.54) is 0 Å². The summed E-state index contributed by atoms with van der Waals surface area (Å²) in [7, 11) is 1.88. The highest BCUT2D eigenvalue weighted by Gasteiger charge is 2.20. The molecule has 0 spiro atoms. The maximum Gasteiger partial charge on any atom is 0.167 e. The smallest absolute Gasteiger partial charge is 0.167 e. The first-order chi connectivity index (χ1) is 9.63. The fourth-order valence-electron chi connectivity index (χ4n) is 2.31. The number of nitrogens with one attached hydrogen (secondary N) is 1. The number of aryl methyl sites for hydroxylation is 1. The molecule has 20 heavy (non-hydrogen) atoms. The monoisotopic (exact) mass is 273 g/mol. The first-order valence-corrected chi connectivity index (χ1v) is 6.77. The third kappa shape index (κ3) is 3.17. The van der Waals surface area contributed by atoms with E-state index in [0.29, 0.717) is 11.3 Å². The summed E-state index contributed by atoms with van der Waals surface area (Å²) in [6.45, 7) is 3.68. The van der Waals surface area contributed by atoms with Gasteiger partial charge in [0.1, 0.15) is 6.10 Å². The lowest BCUT2D eigenvalue weighted by Gasteiger charge is -2.25. The highest BCUT2D eigenvalue weighted by Crippen LogP contribution is 2.25. The summed E-state index contributed by atoms with van der Waals surface area (Å²) in [5, 5.41) is 3.22. The van der Waals surface area contributed by atoms with Crippen LogP contribution in [0.2, 0.25) is 0 Å². The van der Waals surface area contributed by atoms with Crippen molar-refractivity contribution in [3.8, 4) is 5.75 Å². The van der Waals surface area contributed by atoms with Crippen LogP contribution in [-0.2, 0) is 0 Å². The summed E-state index contributed by atoms with van der Waals surface area (Å²) in [4.78, 5) is 0. The van der Waals surface area contributed by atoms with Gasteiger partial charge in [0, 0.05) is 0 Å². The molecule has 2 aromatic carbocycles. The third-order valence-corrected chi connectivity index (χ3v) is 3.41. The van der Waals surface area contributed by atoms with Gasteiger partial charge in [0.15, 0.2) is 11.6 Å². The number of benzene rings is 2. The Morgan fingerprint density at radius 1 is 1.05 bits per heavy atom.